The van der Waals surface area contributed by atoms with Crippen LogP contribution in [0.15, 0.2) is 47.4 Å². The standard InChI is InChI=1S/C28H39N7O3/c1-19(2)38-23-17-35(18-23)28(36)34-26-7-5-4-6-20-14-21(8-9-24(20)26)25-10-11-31-27(33-25)32-22(15-29)16-30-12-13-37-3/h8-11,14-16,19,23,26H,4-7,12-13,17-18,29H2,1-3H3,(H,34,36)(H,31,32,33). The van der Waals surface area contributed by atoms with Crippen LogP contribution >= 0.6 is 0 Å². The molecule has 1 unspecified atom stereocenters. The van der Waals surface area contributed by atoms with Crippen LogP contribution in [0.25, 0.3) is 11.3 Å². The Kier molecular flexibility index (Phi) is 9.67. The van der Waals surface area contributed by atoms with Crippen LogP contribution in [0.5, 0.6) is 0 Å². The van der Waals surface area contributed by atoms with Gasteiger partial charge in [-0.15, -0.1) is 0 Å². The van der Waals surface area contributed by atoms with E-state index in [0.29, 0.717) is 37.9 Å². The van der Waals surface area contributed by atoms with Crippen LogP contribution in [0, 0.1) is 0 Å². The second-order valence-electron chi connectivity index (χ2n) is 9.91. The number of hydrogen-bond acceptors (Lipinski definition) is 8. The molecule has 2 heterocycles. The molecular formula is C28H39N7O3. The number of aryl methyl sites for hydroxylation is 1. The number of nitrogens with two attached hydrogens (primary N) is 1. The molecule has 2 amide bonds. The number of benzene rings is 1. The highest BCUT2D eigenvalue weighted by Crippen LogP contribution is 2.32. The lowest BCUT2D eigenvalue weighted by Gasteiger charge is -2.40. The molecule has 2 aromatic rings. The number of carbonyl (C=O) groups is 1. The van der Waals surface area contributed by atoms with Gasteiger partial charge in [0.2, 0.25) is 5.95 Å². The topological polar surface area (TPSA) is 127 Å². The lowest BCUT2D eigenvalue weighted by Crippen LogP contribution is -2.58. The smallest absolute Gasteiger partial charge is 0.318 e. The minimum atomic E-state index is -0.0171. The van der Waals surface area contributed by atoms with Crippen LogP contribution in [-0.4, -0.2) is 72.7 Å². The molecule has 1 fully saturated rings. The first-order chi connectivity index (χ1) is 18.5. The molecule has 1 aromatic heterocycles. The molecule has 1 aliphatic carbocycles. The number of fused-ring (bicyclic) bond motifs is 1. The number of aliphatic imine (C=N–C) groups is 1. The number of carbonyl (C=O) groups excluding carboxylic acids is 1. The van der Waals surface area contributed by atoms with Crippen molar-refractivity contribution in [2.45, 2.75) is 57.8 Å². The summed E-state index contributed by atoms with van der Waals surface area (Å²) in [7, 11) is 1.64. The van der Waals surface area contributed by atoms with E-state index in [1.807, 2.05) is 24.8 Å². The predicted octanol–water partition coefficient (Wildman–Crippen LogP) is 3.66. The first kappa shape index (κ1) is 27.5. The summed E-state index contributed by atoms with van der Waals surface area (Å²) in [5, 5.41) is 6.38. The Bertz CT molecular complexity index is 1150. The number of ether oxygens (including phenoxy) is 2. The largest absolute Gasteiger partial charge is 0.403 e. The Labute approximate surface area is 224 Å². The fourth-order valence-corrected chi connectivity index (χ4v) is 4.74. The van der Waals surface area contributed by atoms with Crippen molar-refractivity contribution in [1.29, 1.82) is 0 Å². The maximum Gasteiger partial charge on any atom is 0.318 e. The minimum Gasteiger partial charge on any atom is -0.403 e. The molecule has 38 heavy (non-hydrogen) atoms. The summed E-state index contributed by atoms with van der Waals surface area (Å²) >= 11 is 0. The predicted molar refractivity (Wildman–Crippen MR) is 149 cm³/mol. The molecule has 4 N–H and O–H groups in total. The van der Waals surface area contributed by atoms with Gasteiger partial charge in [-0.05, 0) is 56.4 Å². The molecule has 0 spiro atoms. The van der Waals surface area contributed by atoms with Crippen molar-refractivity contribution in [2.75, 3.05) is 38.7 Å². The number of urea groups is 1. The van der Waals surface area contributed by atoms with Gasteiger partial charge in [0, 0.05) is 31.3 Å². The maximum atomic E-state index is 12.9. The Hall–Kier alpha value is -3.50. The fraction of sp³-hybridized carbons (Fsp3) is 0.500. The SMILES string of the molecule is COCCN=CC(=CN)Nc1nccc(-c2ccc3c(c2)CCCCC3NC(=O)N2CC(OC(C)C)C2)n1. The molecule has 204 valence electrons. The van der Waals surface area contributed by atoms with E-state index in [0.717, 1.165) is 36.9 Å². The summed E-state index contributed by atoms with van der Waals surface area (Å²) in [6.07, 6.45) is 9.15. The van der Waals surface area contributed by atoms with Gasteiger partial charge in [-0.1, -0.05) is 18.6 Å². The second-order valence-corrected chi connectivity index (χ2v) is 9.91. The van der Waals surface area contributed by atoms with Gasteiger partial charge >= 0.3 is 6.03 Å². The number of amides is 2. The number of methoxy groups -OCH3 is 1. The average Bonchev–Trinajstić information content (AvgIpc) is 3.09. The van der Waals surface area contributed by atoms with Crippen LogP contribution in [0.4, 0.5) is 10.7 Å². The second kappa shape index (κ2) is 13.3. The summed E-state index contributed by atoms with van der Waals surface area (Å²) < 4.78 is 10.8. The molecule has 2 aliphatic rings. The summed E-state index contributed by atoms with van der Waals surface area (Å²) in [5.74, 6) is 0.437. The van der Waals surface area contributed by atoms with E-state index in [1.54, 1.807) is 19.5 Å². The molecule has 1 atom stereocenters. The monoisotopic (exact) mass is 521 g/mol. The summed E-state index contributed by atoms with van der Waals surface area (Å²) in [4.78, 5) is 28.0. The van der Waals surface area contributed by atoms with Gasteiger partial charge in [-0.2, -0.15) is 0 Å². The number of nitrogens with one attached hydrogen (secondary N) is 2. The Morgan fingerprint density at radius 3 is 2.89 bits per heavy atom. The normalized spacial score (nSPS) is 18.3. The first-order valence-electron chi connectivity index (χ1n) is 13.3. The third-order valence-corrected chi connectivity index (χ3v) is 6.65. The number of aromatic nitrogens is 2. The van der Waals surface area contributed by atoms with Crippen molar-refractivity contribution in [3.63, 3.8) is 0 Å². The molecule has 10 heteroatoms. The number of hydrogen-bond donors (Lipinski definition) is 3. The Morgan fingerprint density at radius 2 is 2.13 bits per heavy atom. The van der Waals surface area contributed by atoms with Gasteiger partial charge in [-0.3, -0.25) is 4.99 Å². The lowest BCUT2D eigenvalue weighted by molar-refractivity contribution is -0.0644. The average molecular weight is 522 g/mol. The maximum absolute atomic E-state index is 12.9. The molecule has 0 saturated carbocycles. The lowest BCUT2D eigenvalue weighted by atomic mass is 9.95. The van der Waals surface area contributed by atoms with E-state index < -0.39 is 0 Å². The fourth-order valence-electron chi connectivity index (χ4n) is 4.74. The van der Waals surface area contributed by atoms with Gasteiger partial charge in [0.15, 0.2) is 0 Å². The molecule has 4 rings (SSSR count). The van der Waals surface area contributed by atoms with Crippen LogP contribution in [0.1, 0.15) is 50.3 Å². The molecule has 0 bridgehead atoms. The van der Waals surface area contributed by atoms with E-state index in [2.05, 4.69) is 38.8 Å². The molecule has 10 nitrogen and oxygen atoms in total. The zero-order valence-corrected chi connectivity index (χ0v) is 22.5. The van der Waals surface area contributed by atoms with Crippen molar-refractivity contribution in [1.82, 2.24) is 20.2 Å². The Balaban J connectivity index is 1.44. The zero-order chi connectivity index (χ0) is 26.9. The highest BCUT2D eigenvalue weighted by Gasteiger charge is 2.33. The van der Waals surface area contributed by atoms with Crippen molar-refractivity contribution in [3.05, 3.63) is 53.5 Å². The van der Waals surface area contributed by atoms with E-state index in [1.165, 1.54) is 17.3 Å². The molecule has 1 aliphatic heterocycles. The molecule has 1 aromatic carbocycles. The van der Waals surface area contributed by atoms with Crippen molar-refractivity contribution in [3.8, 4) is 11.3 Å². The van der Waals surface area contributed by atoms with Crippen LogP contribution in [-0.2, 0) is 15.9 Å². The van der Waals surface area contributed by atoms with Crippen molar-refractivity contribution < 1.29 is 14.3 Å². The Morgan fingerprint density at radius 1 is 1.29 bits per heavy atom. The highest BCUT2D eigenvalue weighted by atomic mass is 16.5. The van der Waals surface area contributed by atoms with E-state index in [4.69, 9.17) is 20.2 Å². The van der Waals surface area contributed by atoms with E-state index in [9.17, 15) is 4.79 Å². The van der Waals surface area contributed by atoms with Crippen LogP contribution in [0.3, 0.4) is 0 Å². The molecular weight excluding hydrogens is 482 g/mol. The number of nitrogens with zero attached hydrogens (tertiary/aromatic N) is 4. The summed E-state index contributed by atoms with van der Waals surface area (Å²) in [5.41, 5.74) is 10.6. The van der Waals surface area contributed by atoms with Crippen molar-refractivity contribution >= 4 is 18.2 Å². The third kappa shape index (κ3) is 7.29. The van der Waals surface area contributed by atoms with Gasteiger partial charge in [0.25, 0.3) is 0 Å². The summed E-state index contributed by atoms with van der Waals surface area (Å²) in [6.45, 7) is 6.41. The quantitative estimate of drug-likeness (QED) is 0.247. The highest BCUT2D eigenvalue weighted by molar-refractivity contribution is 5.82. The third-order valence-electron chi connectivity index (χ3n) is 6.65. The van der Waals surface area contributed by atoms with E-state index >= 15 is 0 Å². The zero-order valence-electron chi connectivity index (χ0n) is 22.5. The number of rotatable bonds is 10. The number of anilines is 1. The van der Waals surface area contributed by atoms with Gasteiger partial charge in [0.05, 0.1) is 55.9 Å². The minimum absolute atomic E-state index is 0.00334. The van der Waals surface area contributed by atoms with Gasteiger partial charge < -0.3 is 30.7 Å². The molecule has 0 radical (unpaired) electrons. The number of allylic oxidation sites excluding steroid dienone is 1. The van der Waals surface area contributed by atoms with Crippen LogP contribution in [0.2, 0.25) is 0 Å². The van der Waals surface area contributed by atoms with E-state index in [-0.39, 0.29) is 24.3 Å². The summed E-state index contributed by atoms with van der Waals surface area (Å²) in [6, 6.07) is 8.25. The van der Waals surface area contributed by atoms with Gasteiger partial charge in [-0.25, -0.2) is 14.8 Å². The van der Waals surface area contributed by atoms with Gasteiger partial charge in [0.1, 0.15) is 0 Å². The molecule has 1 saturated heterocycles. The van der Waals surface area contributed by atoms with Crippen LogP contribution < -0.4 is 16.4 Å². The first-order valence-corrected chi connectivity index (χ1v) is 13.3. The van der Waals surface area contributed by atoms with Crippen molar-refractivity contribution in [2.24, 2.45) is 10.7 Å². The number of likely N-dealkylation sites (tertiary alicyclic amines) is 1.